The molecule has 3 heterocycles. The van der Waals surface area contributed by atoms with Gasteiger partial charge in [-0.2, -0.15) is 0 Å². The molecule has 1 aliphatic heterocycles. The molecule has 0 aliphatic carbocycles. The summed E-state index contributed by atoms with van der Waals surface area (Å²) in [6.45, 7) is 8.48. The van der Waals surface area contributed by atoms with Crippen LogP contribution in [0.25, 0.3) is 5.69 Å². The lowest BCUT2D eigenvalue weighted by Crippen LogP contribution is -2.29. The Labute approximate surface area is 245 Å². The summed E-state index contributed by atoms with van der Waals surface area (Å²) in [7, 11) is 1.47. The van der Waals surface area contributed by atoms with Gasteiger partial charge in [0.25, 0.3) is 0 Å². The summed E-state index contributed by atoms with van der Waals surface area (Å²) < 4.78 is 7.24. The van der Waals surface area contributed by atoms with Crippen LogP contribution in [0.15, 0.2) is 66.9 Å². The topological polar surface area (TPSA) is 71.4 Å². The number of halogens is 1. The van der Waals surface area contributed by atoms with Crippen molar-refractivity contribution in [1.29, 1.82) is 0 Å². The number of nitrogens with zero attached hydrogens (tertiary/aromatic N) is 3. The Bertz CT molecular complexity index is 1590. The van der Waals surface area contributed by atoms with Gasteiger partial charge in [0.05, 0.1) is 28.5 Å². The summed E-state index contributed by atoms with van der Waals surface area (Å²) in [5.74, 6) is -0.275. The molecule has 0 unspecified atom stereocenters. The molecule has 1 amide bonds. The summed E-state index contributed by atoms with van der Waals surface area (Å²) in [5, 5.41) is 7.29. The first kappa shape index (κ1) is 27.8. The molecular weight excluding hydrogens is 542 g/mol. The molecule has 2 aromatic carbocycles. The summed E-state index contributed by atoms with van der Waals surface area (Å²) in [5.41, 5.74) is 9.18. The second-order valence-corrected chi connectivity index (χ2v) is 10.9. The Morgan fingerprint density at radius 1 is 1.10 bits per heavy atom. The number of benzene rings is 2. The standard InChI is InChI=1S/C31H32ClN5O2S/c1-18-9-10-19(2)27(14-18)36-20(3)15-23(21(36)4)30-29(26-8-6-7-13-33-26)35-31(40)37(30)22-11-12-25(24(32)16-22)34-28(38)17-39-5/h6-16,29-30H,17H2,1-5H3,(H,34,38)(H,35,40)/t29-,30+/m0/s1. The molecule has 0 spiro atoms. The van der Waals surface area contributed by atoms with Crippen LogP contribution >= 0.6 is 23.8 Å². The van der Waals surface area contributed by atoms with E-state index in [0.29, 0.717) is 15.8 Å². The van der Waals surface area contributed by atoms with Crippen LogP contribution in [0.5, 0.6) is 0 Å². The fourth-order valence-electron chi connectivity index (χ4n) is 5.44. The minimum absolute atomic E-state index is 0.0535. The second kappa shape index (κ2) is 11.4. The Morgan fingerprint density at radius 3 is 2.60 bits per heavy atom. The van der Waals surface area contributed by atoms with Crippen LogP contribution < -0.4 is 15.5 Å². The van der Waals surface area contributed by atoms with Gasteiger partial charge >= 0.3 is 0 Å². The molecular formula is C31H32ClN5O2S. The van der Waals surface area contributed by atoms with E-state index < -0.39 is 0 Å². The molecule has 5 rings (SSSR count). The van der Waals surface area contributed by atoms with Crippen molar-refractivity contribution in [2.24, 2.45) is 0 Å². The van der Waals surface area contributed by atoms with Crippen molar-refractivity contribution >= 4 is 46.2 Å². The van der Waals surface area contributed by atoms with Crippen molar-refractivity contribution in [2.75, 3.05) is 23.9 Å². The van der Waals surface area contributed by atoms with Crippen molar-refractivity contribution in [3.05, 3.63) is 106 Å². The van der Waals surface area contributed by atoms with Crippen LogP contribution in [-0.2, 0) is 9.53 Å². The number of carbonyl (C=O) groups excluding carboxylic acids is 1. The van der Waals surface area contributed by atoms with E-state index in [1.54, 1.807) is 12.3 Å². The molecule has 2 N–H and O–H groups in total. The van der Waals surface area contributed by atoms with E-state index >= 15 is 0 Å². The minimum atomic E-state index is -0.275. The zero-order chi connectivity index (χ0) is 28.6. The van der Waals surface area contributed by atoms with Crippen molar-refractivity contribution < 1.29 is 9.53 Å². The normalized spacial score (nSPS) is 16.8. The lowest BCUT2D eigenvalue weighted by atomic mass is 9.96. The van der Waals surface area contributed by atoms with Gasteiger partial charge in [-0.1, -0.05) is 29.8 Å². The third-order valence-electron chi connectivity index (χ3n) is 7.27. The van der Waals surface area contributed by atoms with Crippen molar-refractivity contribution in [3.63, 3.8) is 0 Å². The molecule has 2 atom stereocenters. The zero-order valence-electron chi connectivity index (χ0n) is 23.2. The number of ether oxygens (including phenoxy) is 1. The molecule has 40 heavy (non-hydrogen) atoms. The lowest BCUT2D eigenvalue weighted by Gasteiger charge is -2.28. The summed E-state index contributed by atoms with van der Waals surface area (Å²) >= 11 is 12.6. The van der Waals surface area contributed by atoms with E-state index in [0.717, 1.165) is 34.0 Å². The maximum atomic E-state index is 12.1. The van der Waals surface area contributed by atoms with E-state index in [2.05, 4.69) is 77.0 Å². The van der Waals surface area contributed by atoms with Gasteiger partial charge in [0, 0.05) is 36.1 Å². The van der Waals surface area contributed by atoms with Gasteiger partial charge in [-0.15, -0.1) is 0 Å². The number of amides is 1. The first-order chi connectivity index (χ1) is 19.2. The van der Waals surface area contributed by atoms with Crippen molar-refractivity contribution in [2.45, 2.75) is 39.8 Å². The minimum Gasteiger partial charge on any atom is -0.375 e. The number of methoxy groups -OCH3 is 1. The van der Waals surface area contributed by atoms with Gasteiger partial charge in [-0.3, -0.25) is 9.78 Å². The van der Waals surface area contributed by atoms with Crippen molar-refractivity contribution in [1.82, 2.24) is 14.9 Å². The number of anilines is 2. The maximum absolute atomic E-state index is 12.1. The van der Waals surface area contributed by atoms with E-state index in [-0.39, 0.29) is 24.6 Å². The molecule has 9 heteroatoms. The highest BCUT2D eigenvalue weighted by molar-refractivity contribution is 7.80. The van der Waals surface area contributed by atoms with E-state index in [1.807, 2.05) is 30.3 Å². The van der Waals surface area contributed by atoms with Gasteiger partial charge < -0.3 is 24.8 Å². The Hall–Kier alpha value is -3.72. The van der Waals surface area contributed by atoms with E-state index in [4.69, 9.17) is 28.6 Å². The quantitative estimate of drug-likeness (QED) is 0.245. The van der Waals surface area contributed by atoms with Crippen LogP contribution in [-0.4, -0.2) is 34.3 Å². The maximum Gasteiger partial charge on any atom is 0.250 e. The Morgan fingerprint density at radius 2 is 1.90 bits per heavy atom. The first-order valence-corrected chi connectivity index (χ1v) is 13.8. The lowest BCUT2D eigenvalue weighted by molar-refractivity contribution is -0.119. The Balaban J connectivity index is 1.63. The number of aryl methyl sites for hydroxylation is 3. The van der Waals surface area contributed by atoms with Gasteiger partial charge in [0.15, 0.2) is 5.11 Å². The van der Waals surface area contributed by atoms with Gasteiger partial charge in [0.1, 0.15) is 6.61 Å². The SMILES string of the molecule is COCC(=O)Nc1ccc(N2C(=S)N[C@@H](c3ccccn3)[C@H]2c2cc(C)n(-c3cc(C)ccc3C)c2C)cc1Cl. The van der Waals surface area contributed by atoms with E-state index in [1.165, 1.54) is 18.2 Å². The molecule has 1 saturated heterocycles. The van der Waals surface area contributed by atoms with Gasteiger partial charge in [0.2, 0.25) is 5.91 Å². The summed E-state index contributed by atoms with van der Waals surface area (Å²) in [4.78, 5) is 18.9. The van der Waals surface area contributed by atoms with Gasteiger partial charge in [-0.25, -0.2) is 0 Å². The number of thiocarbonyl (C=S) groups is 1. The summed E-state index contributed by atoms with van der Waals surface area (Å²) in [6.07, 6.45) is 1.80. The monoisotopic (exact) mass is 573 g/mol. The predicted octanol–water partition coefficient (Wildman–Crippen LogP) is 6.52. The van der Waals surface area contributed by atoms with Crippen LogP contribution in [0.3, 0.4) is 0 Å². The van der Waals surface area contributed by atoms with E-state index in [9.17, 15) is 4.79 Å². The number of hydrogen-bond donors (Lipinski definition) is 2. The average Bonchev–Trinajstić information content (AvgIpc) is 3.42. The molecule has 7 nitrogen and oxygen atoms in total. The molecule has 0 radical (unpaired) electrons. The average molecular weight is 574 g/mol. The largest absolute Gasteiger partial charge is 0.375 e. The number of hydrogen-bond acceptors (Lipinski definition) is 4. The highest BCUT2D eigenvalue weighted by atomic mass is 35.5. The third-order valence-corrected chi connectivity index (χ3v) is 7.90. The van der Waals surface area contributed by atoms with Crippen LogP contribution in [0.1, 0.15) is 45.9 Å². The molecule has 0 bridgehead atoms. The van der Waals surface area contributed by atoms with Gasteiger partial charge in [-0.05, 0) is 99.1 Å². The molecule has 1 fully saturated rings. The fraction of sp³-hybridized carbons (Fsp3) is 0.258. The number of aromatic nitrogens is 2. The third kappa shape index (κ3) is 5.22. The zero-order valence-corrected chi connectivity index (χ0v) is 24.7. The molecule has 2 aromatic heterocycles. The number of rotatable bonds is 7. The molecule has 0 saturated carbocycles. The molecule has 206 valence electrons. The van der Waals surface area contributed by atoms with Crippen LogP contribution in [0, 0.1) is 27.7 Å². The van der Waals surface area contributed by atoms with Crippen LogP contribution in [0.2, 0.25) is 5.02 Å². The highest BCUT2D eigenvalue weighted by Crippen LogP contribution is 2.45. The van der Waals surface area contributed by atoms with Crippen molar-refractivity contribution in [3.8, 4) is 5.69 Å². The smallest absolute Gasteiger partial charge is 0.250 e. The number of carbonyl (C=O) groups is 1. The van der Waals surface area contributed by atoms with Crippen LogP contribution in [0.4, 0.5) is 11.4 Å². The second-order valence-electron chi connectivity index (χ2n) is 10.1. The first-order valence-electron chi connectivity index (χ1n) is 13.0. The molecule has 1 aliphatic rings. The fourth-order valence-corrected chi connectivity index (χ4v) is 6.01. The predicted molar refractivity (Wildman–Crippen MR) is 165 cm³/mol. The summed E-state index contributed by atoms with van der Waals surface area (Å²) in [6, 6.07) is 19.8. The highest BCUT2D eigenvalue weighted by Gasteiger charge is 2.42. The molecule has 4 aromatic rings. The Kier molecular flexibility index (Phi) is 7.94. The number of pyridine rings is 1. The number of nitrogens with one attached hydrogen (secondary N) is 2.